The van der Waals surface area contributed by atoms with E-state index in [0.717, 1.165) is 5.56 Å². The highest BCUT2D eigenvalue weighted by molar-refractivity contribution is 5.95. The van der Waals surface area contributed by atoms with Crippen molar-refractivity contribution in [3.63, 3.8) is 0 Å². The Labute approximate surface area is 111 Å². The third kappa shape index (κ3) is 3.48. The molecule has 6 heteroatoms. The Kier molecular flexibility index (Phi) is 4.02. The number of amides is 1. The second kappa shape index (κ2) is 5.90. The van der Waals surface area contributed by atoms with Crippen LogP contribution in [0, 0.1) is 0 Å². The molecule has 0 aliphatic carbocycles. The standard InChI is InChI=1S/C13H16N4O2/c1-2-19-12-4-10(3-11(14)5-12)13(18)15-6-9-7-16-17-8-9/h3-5,7-8H,2,6,14H2,1H3,(H,15,18)(H,16,17). The zero-order valence-corrected chi connectivity index (χ0v) is 10.6. The van der Waals surface area contributed by atoms with E-state index in [4.69, 9.17) is 10.5 Å². The van der Waals surface area contributed by atoms with Crippen LogP contribution >= 0.6 is 0 Å². The molecule has 19 heavy (non-hydrogen) atoms. The Balaban J connectivity index is 2.05. The largest absolute Gasteiger partial charge is 0.494 e. The zero-order valence-electron chi connectivity index (χ0n) is 10.6. The predicted octanol–water partition coefficient (Wildman–Crippen LogP) is 1.32. The molecule has 1 aromatic heterocycles. The molecule has 6 nitrogen and oxygen atoms in total. The van der Waals surface area contributed by atoms with Crippen LogP contribution in [0.25, 0.3) is 0 Å². The van der Waals surface area contributed by atoms with Gasteiger partial charge in [-0.3, -0.25) is 9.89 Å². The molecular weight excluding hydrogens is 244 g/mol. The minimum atomic E-state index is -0.200. The number of hydrogen-bond donors (Lipinski definition) is 3. The minimum absolute atomic E-state index is 0.200. The molecule has 1 aromatic carbocycles. The lowest BCUT2D eigenvalue weighted by Crippen LogP contribution is -2.22. The summed E-state index contributed by atoms with van der Waals surface area (Å²) in [5.41, 5.74) is 7.63. The summed E-state index contributed by atoms with van der Waals surface area (Å²) in [6.07, 6.45) is 3.39. The first kappa shape index (κ1) is 12.9. The van der Waals surface area contributed by atoms with Crippen LogP contribution in [0.4, 0.5) is 5.69 Å². The van der Waals surface area contributed by atoms with Crippen LogP contribution in [0.1, 0.15) is 22.8 Å². The van der Waals surface area contributed by atoms with Crippen molar-refractivity contribution in [1.82, 2.24) is 15.5 Å². The van der Waals surface area contributed by atoms with Gasteiger partial charge in [-0.2, -0.15) is 5.10 Å². The molecule has 0 bridgehead atoms. The number of nitrogen functional groups attached to an aromatic ring is 1. The summed E-state index contributed by atoms with van der Waals surface area (Å²) >= 11 is 0. The Morgan fingerprint density at radius 2 is 2.32 bits per heavy atom. The van der Waals surface area contributed by atoms with Crippen molar-refractivity contribution in [2.75, 3.05) is 12.3 Å². The number of nitrogens with two attached hydrogens (primary N) is 1. The van der Waals surface area contributed by atoms with Crippen molar-refractivity contribution in [2.45, 2.75) is 13.5 Å². The highest BCUT2D eigenvalue weighted by Gasteiger charge is 2.08. The molecule has 0 radical (unpaired) electrons. The van der Waals surface area contributed by atoms with E-state index in [1.54, 1.807) is 30.6 Å². The number of H-pyrrole nitrogens is 1. The number of anilines is 1. The van der Waals surface area contributed by atoms with Gasteiger partial charge in [0, 0.05) is 35.6 Å². The third-order valence-corrected chi connectivity index (χ3v) is 2.51. The minimum Gasteiger partial charge on any atom is -0.494 e. The van der Waals surface area contributed by atoms with Crippen LogP contribution in [-0.4, -0.2) is 22.7 Å². The lowest BCUT2D eigenvalue weighted by molar-refractivity contribution is 0.0950. The van der Waals surface area contributed by atoms with Gasteiger partial charge in [0.2, 0.25) is 0 Å². The fraction of sp³-hybridized carbons (Fsp3) is 0.231. The Morgan fingerprint density at radius 1 is 1.47 bits per heavy atom. The fourth-order valence-electron chi connectivity index (χ4n) is 1.66. The van der Waals surface area contributed by atoms with Crippen LogP contribution in [-0.2, 0) is 6.54 Å². The fourth-order valence-corrected chi connectivity index (χ4v) is 1.66. The number of nitrogens with zero attached hydrogens (tertiary/aromatic N) is 1. The smallest absolute Gasteiger partial charge is 0.251 e. The molecule has 100 valence electrons. The molecule has 0 aliphatic rings. The lowest BCUT2D eigenvalue weighted by atomic mass is 10.1. The molecule has 0 atom stereocenters. The molecule has 0 saturated heterocycles. The summed E-state index contributed by atoms with van der Waals surface area (Å²) in [4.78, 5) is 12.0. The van der Waals surface area contributed by atoms with E-state index in [2.05, 4.69) is 15.5 Å². The first-order valence-electron chi connectivity index (χ1n) is 5.98. The zero-order chi connectivity index (χ0) is 13.7. The van der Waals surface area contributed by atoms with Crippen molar-refractivity contribution in [2.24, 2.45) is 0 Å². The van der Waals surface area contributed by atoms with Crippen molar-refractivity contribution in [3.05, 3.63) is 41.7 Å². The number of carbonyl (C=O) groups excluding carboxylic acids is 1. The third-order valence-electron chi connectivity index (χ3n) is 2.51. The molecule has 4 N–H and O–H groups in total. The molecule has 2 rings (SSSR count). The van der Waals surface area contributed by atoms with E-state index < -0.39 is 0 Å². The SMILES string of the molecule is CCOc1cc(N)cc(C(=O)NCc2cn[nH]c2)c1. The van der Waals surface area contributed by atoms with E-state index in [-0.39, 0.29) is 5.91 Å². The second-order valence-electron chi connectivity index (χ2n) is 4.01. The van der Waals surface area contributed by atoms with Gasteiger partial charge in [0.25, 0.3) is 5.91 Å². The number of rotatable bonds is 5. The van der Waals surface area contributed by atoms with Gasteiger partial charge in [-0.1, -0.05) is 0 Å². The summed E-state index contributed by atoms with van der Waals surface area (Å²) in [6.45, 7) is 2.81. The van der Waals surface area contributed by atoms with Crippen molar-refractivity contribution < 1.29 is 9.53 Å². The monoisotopic (exact) mass is 260 g/mol. The van der Waals surface area contributed by atoms with Crippen LogP contribution in [0.2, 0.25) is 0 Å². The maximum Gasteiger partial charge on any atom is 0.251 e. The van der Waals surface area contributed by atoms with Crippen LogP contribution in [0.3, 0.4) is 0 Å². The number of nitrogens with one attached hydrogen (secondary N) is 2. The average molecular weight is 260 g/mol. The van der Waals surface area contributed by atoms with Crippen molar-refractivity contribution >= 4 is 11.6 Å². The predicted molar refractivity (Wildman–Crippen MR) is 71.8 cm³/mol. The number of aromatic nitrogens is 2. The first-order chi connectivity index (χ1) is 9.19. The number of aromatic amines is 1. The Morgan fingerprint density at radius 3 is 3.00 bits per heavy atom. The van der Waals surface area contributed by atoms with E-state index in [1.807, 2.05) is 6.92 Å². The summed E-state index contributed by atoms with van der Waals surface area (Å²) in [5, 5.41) is 9.28. The van der Waals surface area contributed by atoms with Gasteiger partial charge in [0.15, 0.2) is 0 Å². The number of benzene rings is 1. The van der Waals surface area contributed by atoms with Crippen LogP contribution in [0.15, 0.2) is 30.6 Å². The van der Waals surface area contributed by atoms with Gasteiger partial charge in [-0.15, -0.1) is 0 Å². The number of ether oxygens (including phenoxy) is 1. The second-order valence-corrected chi connectivity index (χ2v) is 4.01. The quantitative estimate of drug-likeness (QED) is 0.707. The van der Waals surface area contributed by atoms with E-state index in [0.29, 0.717) is 30.2 Å². The van der Waals surface area contributed by atoms with E-state index in [1.165, 1.54) is 0 Å². The van der Waals surface area contributed by atoms with Gasteiger partial charge in [-0.05, 0) is 19.1 Å². The number of hydrogen-bond acceptors (Lipinski definition) is 4. The van der Waals surface area contributed by atoms with Crippen molar-refractivity contribution in [3.8, 4) is 5.75 Å². The maximum atomic E-state index is 12.0. The molecule has 2 aromatic rings. The molecule has 1 heterocycles. The lowest BCUT2D eigenvalue weighted by Gasteiger charge is -2.08. The highest BCUT2D eigenvalue weighted by Crippen LogP contribution is 2.19. The van der Waals surface area contributed by atoms with Gasteiger partial charge < -0.3 is 15.8 Å². The van der Waals surface area contributed by atoms with E-state index in [9.17, 15) is 4.79 Å². The summed E-state index contributed by atoms with van der Waals surface area (Å²) < 4.78 is 5.35. The van der Waals surface area contributed by atoms with Gasteiger partial charge in [-0.25, -0.2) is 0 Å². The van der Waals surface area contributed by atoms with E-state index >= 15 is 0 Å². The molecule has 0 fully saturated rings. The summed E-state index contributed by atoms with van der Waals surface area (Å²) in [7, 11) is 0. The summed E-state index contributed by atoms with van der Waals surface area (Å²) in [5.74, 6) is 0.394. The van der Waals surface area contributed by atoms with Gasteiger partial charge in [0.05, 0.1) is 12.8 Å². The maximum absolute atomic E-state index is 12.0. The summed E-state index contributed by atoms with van der Waals surface area (Å²) in [6, 6.07) is 4.98. The first-order valence-corrected chi connectivity index (χ1v) is 5.98. The normalized spacial score (nSPS) is 10.2. The average Bonchev–Trinajstić information content (AvgIpc) is 2.88. The Bertz CT molecular complexity index is 552. The topological polar surface area (TPSA) is 93.0 Å². The Hall–Kier alpha value is -2.50. The number of carbonyl (C=O) groups is 1. The van der Waals surface area contributed by atoms with Gasteiger partial charge in [0.1, 0.15) is 5.75 Å². The molecule has 0 unspecified atom stereocenters. The molecule has 0 spiro atoms. The molecular formula is C13H16N4O2. The van der Waals surface area contributed by atoms with Crippen molar-refractivity contribution in [1.29, 1.82) is 0 Å². The molecule has 0 aliphatic heterocycles. The van der Waals surface area contributed by atoms with Gasteiger partial charge >= 0.3 is 0 Å². The highest BCUT2D eigenvalue weighted by atomic mass is 16.5. The molecule has 0 saturated carbocycles. The van der Waals surface area contributed by atoms with Crippen LogP contribution < -0.4 is 15.8 Å². The van der Waals surface area contributed by atoms with Crippen LogP contribution in [0.5, 0.6) is 5.75 Å². The molecule has 1 amide bonds.